The molecule has 5 unspecified atom stereocenters. The molecule has 394 valence electrons. The van der Waals surface area contributed by atoms with Crippen LogP contribution in [-0.4, -0.2) is 100 Å². The van der Waals surface area contributed by atoms with Gasteiger partial charge in [-0.3, -0.25) is 0 Å². The molecule has 0 aliphatic rings. The van der Waals surface area contributed by atoms with Crippen LogP contribution in [0.25, 0.3) is 22.6 Å². The maximum absolute atomic E-state index is 14.1. The first-order valence-corrected chi connectivity index (χ1v) is 24.6. The van der Waals surface area contributed by atoms with Gasteiger partial charge in [0.1, 0.15) is 65.0 Å². The summed E-state index contributed by atoms with van der Waals surface area (Å²) in [4.78, 5) is 63.0. The lowest BCUT2D eigenvalue weighted by atomic mass is 9.97. The van der Waals surface area contributed by atoms with Gasteiger partial charge in [0.25, 0.3) is 0 Å². The summed E-state index contributed by atoms with van der Waals surface area (Å²) in [6, 6.07) is 14.8. The van der Waals surface area contributed by atoms with Gasteiger partial charge < -0.3 is 53.9 Å². The number of nitrogen functional groups attached to an aromatic ring is 1. The third kappa shape index (κ3) is 19.1. The highest BCUT2D eigenvalue weighted by Crippen LogP contribution is 2.37. The number of halogens is 1. The van der Waals surface area contributed by atoms with Crippen LogP contribution in [0.4, 0.5) is 15.4 Å². The van der Waals surface area contributed by atoms with E-state index < -0.39 is 90.1 Å². The Morgan fingerprint density at radius 3 is 1.71 bits per heavy atom. The average Bonchev–Trinajstić information content (AvgIpc) is 3.74. The lowest BCUT2D eigenvalue weighted by Crippen LogP contribution is -2.54. The molecule has 0 aliphatic carbocycles. The fourth-order valence-electron chi connectivity index (χ4n) is 6.81. The minimum atomic E-state index is -1.42. The van der Waals surface area contributed by atoms with E-state index in [9.17, 15) is 29.7 Å². The van der Waals surface area contributed by atoms with Crippen molar-refractivity contribution >= 4 is 53.3 Å². The van der Waals surface area contributed by atoms with E-state index in [4.69, 9.17) is 54.9 Å². The van der Waals surface area contributed by atoms with E-state index in [2.05, 4.69) is 32.7 Å². The summed E-state index contributed by atoms with van der Waals surface area (Å²) in [5.74, 6) is -1.14. The predicted molar refractivity (Wildman–Crippen MR) is 273 cm³/mol. The van der Waals surface area contributed by atoms with E-state index in [1.54, 1.807) is 145 Å². The fourth-order valence-corrected chi connectivity index (χ4v) is 7.81. The van der Waals surface area contributed by atoms with Gasteiger partial charge in [0.15, 0.2) is 18.2 Å². The standard InChI is InChI=1S/C52H66ClN7O12S/c1-29(69-49(3,4)5)40(58-47(63)71-51(9,10)11)45(61)67-27-36(68-46(62)41(30(2)70-50(6,7)8)59-48(64)72-52(12,13)14)26-65-35-21-17-31(18-22-35)39-37(23-54)42(56)60-44(38(39)24-55)73-28-34-25-66-43(57-34)32-15-19-33(53)20-16-32/h15-22,25,29-30,36,40-41H,26-28H2,1-14H3,(H2,56,60)(H,58,63)(H,59,64). The lowest BCUT2D eigenvalue weighted by Gasteiger charge is -2.32. The number of pyridine rings is 1. The molecule has 2 aromatic heterocycles. The quantitative estimate of drug-likeness (QED) is 0.0448. The summed E-state index contributed by atoms with van der Waals surface area (Å²) in [5, 5.41) is 26.6. The van der Waals surface area contributed by atoms with Crippen LogP contribution in [-0.2, 0) is 43.8 Å². The van der Waals surface area contributed by atoms with Gasteiger partial charge in [-0.1, -0.05) is 35.5 Å². The van der Waals surface area contributed by atoms with Crippen LogP contribution in [0, 0.1) is 22.7 Å². The molecule has 4 aromatic rings. The Kier molecular flexibility index (Phi) is 20.1. The number of aromatic nitrogens is 2. The smallest absolute Gasteiger partial charge is 0.408 e. The number of alkyl carbamates (subject to hydrolysis) is 2. The highest BCUT2D eigenvalue weighted by molar-refractivity contribution is 7.98. The molecule has 0 saturated heterocycles. The fraction of sp³-hybridized carbons (Fsp3) is 0.500. The monoisotopic (exact) mass is 1050 g/mol. The summed E-state index contributed by atoms with van der Waals surface area (Å²) in [6.07, 6.45) is -3.55. The number of ether oxygens (including phenoxy) is 7. The average molecular weight is 1050 g/mol. The van der Waals surface area contributed by atoms with Crippen LogP contribution in [0.15, 0.2) is 64.2 Å². The maximum Gasteiger partial charge on any atom is 0.408 e. The Hall–Kier alpha value is -6.58. The number of rotatable bonds is 19. The first kappa shape index (κ1) is 59.0. The van der Waals surface area contributed by atoms with Crippen LogP contribution in [0.3, 0.4) is 0 Å². The summed E-state index contributed by atoms with van der Waals surface area (Å²) in [7, 11) is 0. The van der Waals surface area contributed by atoms with E-state index in [0.29, 0.717) is 22.2 Å². The van der Waals surface area contributed by atoms with Crippen LogP contribution < -0.4 is 21.1 Å². The molecule has 2 heterocycles. The van der Waals surface area contributed by atoms with E-state index in [1.807, 2.05) is 0 Å². The Balaban J connectivity index is 1.64. The second-order valence-electron chi connectivity index (χ2n) is 20.7. The molecule has 5 atom stereocenters. The van der Waals surface area contributed by atoms with E-state index in [1.165, 1.54) is 18.0 Å². The third-order valence-corrected chi connectivity index (χ3v) is 10.8. The van der Waals surface area contributed by atoms with Gasteiger partial charge in [0.2, 0.25) is 5.89 Å². The molecule has 0 saturated carbocycles. The molecule has 0 spiro atoms. The minimum absolute atomic E-state index is 0.0179. The number of esters is 2. The van der Waals surface area contributed by atoms with Crippen molar-refractivity contribution < 1.29 is 56.8 Å². The third-order valence-electron chi connectivity index (χ3n) is 9.56. The second-order valence-corrected chi connectivity index (χ2v) is 22.1. The predicted octanol–water partition coefficient (Wildman–Crippen LogP) is 9.70. The Morgan fingerprint density at radius 2 is 1.22 bits per heavy atom. The largest absolute Gasteiger partial charge is 0.490 e. The zero-order valence-electron chi connectivity index (χ0n) is 43.8. The number of nitriles is 2. The number of nitrogens with one attached hydrogen (secondary N) is 2. The van der Waals surface area contributed by atoms with Gasteiger partial charge in [-0.15, -0.1) is 0 Å². The molecule has 4 N–H and O–H groups in total. The summed E-state index contributed by atoms with van der Waals surface area (Å²) < 4.78 is 46.4. The Morgan fingerprint density at radius 1 is 0.712 bits per heavy atom. The number of thioether (sulfide) groups is 1. The maximum atomic E-state index is 14.1. The Labute approximate surface area is 436 Å². The summed E-state index contributed by atoms with van der Waals surface area (Å²) in [6.45, 7) is 22.8. The number of nitrogens with zero attached hydrogens (tertiary/aromatic N) is 4. The van der Waals surface area contributed by atoms with E-state index in [-0.39, 0.29) is 39.0 Å². The summed E-state index contributed by atoms with van der Waals surface area (Å²) in [5.41, 5.74) is 5.04. The van der Waals surface area contributed by atoms with Crippen molar-refractivity contribution in [2.45, 2.75) is 161 Å². The number of hydrogen-bond acceptors (Lipinski definition) is 18. The van der Waals surface area contributed by atoms with Crippen LogP contribution in [0.1, 0.15) is 114 Å². The molecule has 21 heteroatoms. The van der Waals surface area contributed by atoms with Crippen LogP contribution in [0.5, 0.6) is 5.75 Å². The normalized spacial score (nSPS) is 14.0. The first-order valence-electron chi connectivity index (χ1n) is 23.3. The molecular weight excluding hydrogens is 982 g/mol. The van der Waals surface area contributed by atoms with Gasteiger partial charge in [-0.05, 0) is 139 Å². The van der Waals surface area contributed by atoms with Crippen LogP contribution >= 0.6 is 23.4 Å². The Bertz CT molecular complexity index is 2640. The molecule has 4 rings (SSSR count). The van der Waals surface area contributed by atoms with Crippen molar-refractivity contribution in [2.75, 3.05) is 18.9 Å². The zero-order chi connectivity index (χ0) is 54.6. The van der Waals surface area contributed by atoms with Crippen molar-refractivity contribution in [1.82, 2.24) is 20.6 Å². The van der Waals surface area contributed by atoms with Gasteiger partial charge in [0.05, 0.1) is 34.7 Å². The molecule has 0 aliphatic heterocycles. The highest BCUT2D eigenvalue weighted by Gasteiger charge is 2.37. The van der Waals surface area contributed by atoms with Crippen molar-refractivity contribution in [3.63, 3.8) is 0 Å². The molecule has 0 radical (unpaired) electrons. The van der Waals surface area contributed by atoms with Gasteiger partial charge >= 0.3 is 24.1 Å². The number of hydrogen-bond donors (Lipinski definition) is 3. The number of amides is 2. The van der Waals surface area contributed by atoms with Gasteiger partial charge in [0, 0.05) is 21.9 Å². The molecule has 2 aromatic carbocycles. The van der Waals surface area contributed by atoms with E-state index in [0.717, 1.165) is 5.56 Å². The molecule has 0 fully saturated rings. The molecular formula is C52H66ClN7O12S. The zero-order valence-corrected chi connectivity index (χ0v) is 45.3. The van der Waals surface area contributed by atoms with Crippen molar-refractivity contribution in [3.05, 3.63) is 76.6 Å². The molecule has 2 amide bonds. The number of oxazole rings is 1. The topological polar surface area (TPSA) is 269 Å². The second kappa shape index (κ2) is 24.9. The number of carbonyl (C=O) groups is 4. The highest BCUT2D eigenvalue weighted by atomic mass is 35.5. The number of anilines is 1. The summed E-state index contributed by atoms with van der Waals surface area (Å²) >= 11 is 7.22. The van der Waals surface area contributed by atoms with Gasteiger partial charge in [-0.2, -0.15) is 10.5 Å². The van der Waals surface area contributed by atoms with Gasteiger partial charge in [-0.25, -0.2) is 29.1 Å². The lowest BCUT2D eigenvalue weighted by molar-refractivity contribution is -0.170. The number of carbonyl (C=O) groups excluding carboxylic acids is 4. The SMILES string of the molecule is CC(OC(C)(C)C)C(NC(=O)OC(C)(C)C)C(=O)OCC(COc1ccc(-c2c(C#N)c(N)nc(SCc3coc(-c4ccc(Cl)cc4)n3)c2C#N)cc1)OC(=O)C(NC(=O)OC(C)(C)C)C(C)OC(C)(C)C. The minimum Gasteiger partial charge on any atom is -0.490 e. The molecule has 73 heavy (non-hydrogen) atoms. The molecule has 19 nitrogen and oxygen atoms in total. The first-order chi connectivity index (χ1) is 33.8. The molecule has 0 bridgehead atoms. The van der Waals surface area contributed by atoms with Crippen LogP contribution in [0.2, 0.25) is 5.02 Å². The number of benzene rings is 2. The van der Waals surface area contributed by atoms with E-state index >= 15 is 0 Å². The van der Waals surface area contributed by atoms with Crippen molar-refractivity contribution in [2.24, 2.45) is 0 Å². The van der Waals surface area contributed by atoms with Crippen molar-refractivity contribution in [1.29, 1.82) is 10.5 Å². The van der Waals surface area contributed by atoms with Crippen molar-refractivity contribution in [3.8, 4) is 40.5 Å². The number of nitrogens with two attached hydrogens (primary N) is 1.